The molecule has 0 unspecified atom stereocenters. The molecule has 1 aromatic carbocycles. The third-order valence-corrected chi connectivity index (χ3v) is 2.69. The summed E-state index contributed by atoms with van der Waals surface area (Å²) in [5, 5.41) is 9.58. The summed E-state index contributed by atoms with van der Waals surface area (Å²) in [4.78, 5) is 12.7. The number of rotatable bonds is 4. The zero-order valence-corrected chi connectivity index (χ0v) is 9.53. The van der Waals surface area contributed by atoms with Crippen LogP contribution in [0.4, 0.5) is 5.69 Å². The van der Waals surface area contributed by atoms with Gasteiger partial charge in [0.05, 0.1) is 10.7 Å². The summed E-state index contributed by atoms with van der Waals surface area (Å²) in [6, 6.07) is 6.69. The molecular formula is C11H14ClNO2. The van der Waals surface area contributed by atoms with Crippen LogP contribution in [0.3, 0.4) is 0 Å². The SMILES string of the molecule is CC[C@@H](C(=O)O)N(C)c1ccccc1Cl. The van der Waals surface area contributed by atoms with E-state index in [4.69, 9.17) is 16.7 Å². The number of carbonyl (C=O) groups is 1. The predicted molar refractivity (Wildman–Crippen MR) is 61.6 cm³/mol. The number of benzene rings is 1. The summed E-state index contributed by atoms with van der Waals surface area (Å²) >= 11 is 5.99. The normalized spacial score (nSPS) is 12.2. The Kier molecular flexibility index (Phi) is 3.97. The van der Waals surface area contributed by atoms with Crippen LogP contribution in [0.1, 0.15) is 13.3 Å². The number of para-hydroxylation sites is 1. The number of likely N-dealkylation sites (N-methyl/N-ethyl adjacent to an activating group) is 1. The van der Waals surface area contributed by atoms with Gasteiger partial charge in [-0.15, -0.1) is 0 Å². The Bertz CT molecular complexity index is 354. The quantitative estimate of drug-likeness (QED) is 0.860. The molecule has 1 N–H and O–H groups in total. The van der Waals surface area contributed by atoms with Crippen molar-refractivity contribution >= 4 is 23.3 Å². The van der Waals surface area contributed by atoms with Crippen LogP contribution in [-0.4, -0.2) is 24.2 Å². The number of halogens is 1. The summed E-state index contributed by atoms with van der Waals surface area (Å²) in [5.41, 5.74) is 0.744. The van der Waals surface area contributed by atoms with Gasteiger partial charge in [-0.25, -0.2) is 4.79 Å². The molecule has 0 heterocycles. The lowest BCUT2D eigenvalue weighted by molar-refractivity contribution is -0.138. The average Bonchev–Trinajstić information content (AvgIpc) is 2.18. The van der Waals surface area contributed by atoms with Crippen LogP contribution in [0.2, 0.25) is 5.02 Å². The maximum Gasteiger partial charge on any atom is 0.326 e. The first-order valence-corrected chi connectivity index (χ1v) is 5.16. The molecule has 0 bridgehead atoms. The van der Waals surface area contributed by atoms with E-state index in [0.29, 0.717) is 11.4 Å². The average molecular weight is 228 g/mol. The Morgan fingerprint density at radius 2 is 2.13 bits per heavy atom. The molecule has 0 saturated heterocycles. The van der Waals surface area contributed by atoms with Gasteiger partial charge in [0.1, 0.15) is 6.04 Å². The van der Waals surface area contributed by atoms with E-state index in [0.717, 1.165) is 5.69 Å². The number of carboxylic acid groups (broad SMARTS) is 1. The van der Waals surface area contributed by atoms with Crippen LogP contribution in [0.25, 0.3) is 0 Å². The van der Waals surface area contributed by atoms with Crippen molar-refractivity contribution in [2.45, 2.75) is 19.4 Å². The number of aliphatic carboxylic acids is 1. The number of hydrogen-bond donors (Lipinski definition) is 1. The molecule has 0 aliphatic rings. The number of carboxylic acids is 1. The van der Waals surface area contributed by atoms with Gasteiger partial charge in [0.25, 0.3) is 0 Å². The highest BCUT2D eigenvalue weighted by Crippen LogP contribution is 2.26. The maximum absolute atomic E-state index is 11.0. The molecule has 1 atom stereocenters. The minimum atomic E-state index is -0.833. The standard InChI is InChI=1S/C11H14ClNO2/c1-3-9(11(14)15)13(2)10-7-5-4-6-8(10)12/h4-7,9H,3H2,1-2H3,(H,14,15)/t9-/m0/s1. The maximum atomic E-state index is 11.0. The second-order valence-electron chi connectivity index (χ2n) is 3.32. The molecule has 0 fully saturated rings. The second-order valence-corrected chi connectivity index (χ2v) is 3.73. The van der Waals surface area contributed by atoms with Crippen LogP contribution in [0.5, 0.6) is 0 Å². The molecule has 82 valence electrons. The molecular weight excluding hydrogens is 214 g/mol. The number of nitrogens with zero attached hydrogens (tertiary/aromatic N) is 1. The molecule has 1 rings (SSSR count). The lowest BCUT2D eigenvalue weighted by Crippen LogP contribution is -2.38. The Hall–Kier alpha value is -1.22. The molecule has 0 aliphatic carbocycles. The fourth-order valence-electron chi connectivity index (χ4n) is 1.52. The van der Waals surface area contributed by atoms with Crippen molar-refractivity contribution in [1.82, 2.24) is 0 Å². The Morgan fingerprint density at radius 1 is 1.53 bits per heavy atom. The molecule has 15 heavy (non-hydrogen) atoms. The van der Waals surface area contributed by atoms with Crippen LogP contribution in [-0.2, 0) is 4.79 Å². The topological polar surface area (TPSA) is 40.5 Å². The van der Waals surface area contributed by atoms with Gasteiger partial charge in [0, 0.05) is 7.05 Å². The third kappa shape index (κ3) is 2.63. The fraction of sp³-hybridized carbons (Fsp3) is 0.364. The number of hydrogen-bond acceptors (Lipinski definition) is 2. The first-order valence-electron chi connectivity index (χ1n) is 4.78. The van der Waals surface area contributed by atoms with Gasteiger partial charge in [-0.1, -0.05) is 30.7 Å². The Morgan fingerprint density at radius 3 is 2.60 bits per heavy atom. The van der Waals surface area contributed by atoms with Gasteiger partial charge in [0.15, 0.2) is 0 Å². The molecule has 0 aromatic heterocycles. The lowest BCUT2D eigenvalue weighted by Gasteiger charge is -2.26. The highest BCUT2D eigenvalue weighted by atomic mass is 35.5. The Balaban J connectivity index is 2.97. The summed E-state index contributed by atoms with van der Waals surface area (Å²) in [6.07, 6.45) is 0.539. The highest BCUT2D eigenvalue weighted by molar-refractivity contribution is 6.33. The van der Waals surface area contributed by atoms with Gasteiger partial charge in [0.2, 0.25) is 0 Å². The van der Waals surface area contributed by atoms with Crippen molar-refractivity contribution in [3.63, 3.8) is 0 Å². The van der Waals surface area contributed by atoms with Crippen LogP contribution in [0.15, 0.2) is 24.3 Å². The van der Waals surface area contributed by atoms with Crippen LogP contribution < -0.4 is 4.90 Å². The highest BCUT2D eigenvalue weighted by Gasteiger charge is 2.21. The minimum Gasteiger partial charge on any atom is -0.480 e. The molecule has 0 radical (unpaired) electrons. The monoisotopic (exact) mass is 227 g/mol. The van der Waals surface area contributed by atoms with Crippen LogP contribution in [0, 0.1) is 0 Å². The molecule has 3 nitrogen and oxygen atoms in total. The van der Waals surface area contributed by atoms with E-state index < -0.39 is 12.0 Å². The van der Waals surface area contributed by atoms with Crippen molar-refractivity contribution in [3.05, 3.63) is 29.3 Å². The molecule has 0 saturated carbocycles. The van der Waals surface area contributed by atoms with E-state index in [1.807, 2.05) is 25.1 Å². The van der Waals surface area contributed by atoms with E-state index in [2.05, 4.69) is 0 Å². The van der Waals surface area contributed by atoms with Gasteiger partial charge >= 0.3 is 5.97 Å². The van der Waals surface area contributed by atoms with Crippen molar-refractivity contribution in [2.24, 2.45) is 0 Å². The van der Waals surface area contributed by atoms with Gasteiger partial charge in [-0.3, -0.25) is 0 Å². The van der Waals surface area contributed by atoms with E-state index in [1.54, 1.807) is 18.0 Å². The lowest BCUT2D eigenvalue weighted by atomic mass is 10.2. The van der Waals surface area contributed by atoms with E-state index in [9.17, 15) is 4.79 Å². The summed E-state index contributed by atoms with van der Waals surface area (Å²) < 4.78 is 0. The molecule has 0 spiro atoms. The van der Waals surface area contributed by atoms with Crippen molar-refractivity contribution in [2.75, 3.05) is 11.9 Å². The molecule has 4 heteroatoms. The summed E-state index contributed by atoms with van der Waals surface area (Å²) in [5.74, 6) is -0.833. The predicted octanol–water partition coefficient (Wildman–Crippen LogP) is 2.64. The van der Waals surface area contributed by atoms with E-state index >= 15 is 0 Å². The third-order valence-electron chi connectivity index (χ3n) is 2.37. The van der Waals surface area contributed by atoms with Crippen molar-refractivity contribution in [1.29, 1.82) is 0 Å². The van der Waals surface area contributed by atoms with E-state index in [-0.39, 0.29) is 0 Å². The van der Waals surface area contributed by atoms with Gasteiger partial charge < -0.3 is 10.0 Å². The van der Waals surface area contributed by atoms with Gasteiger partial charge in [-0.05, 0) is 18.6 Å². The molecule has 0 aliphatic heterocycles. The largest absolute Gasteiger partial charge is 0.480 e. The molecule has 1 aromatic rings. The van der Waals surface area contributed by atoms with Gasteiger partial charge in [-0.2, -0.15) is 0 Å². The smallest absolute Gasteiger partial charge is 0.326 e. The number of anilines is 1. The minimum absolute atomic E-state index is 0.537. The van der Waals surface area contributed by atoms with Crippen LogP contribution >= 0.6 is 11.6 Å². The fourth-order valence-corrected chi connectivity index (χ4v) is 1.79. The summed E-state index contributed by atoms with van der Waals surface area (Å²) in [6.45, 7) is 1.84. The Labute approximate surface area is 94.3 Å². The van der Waals surface area contributed by atoms with Crippen molar-refractivity contribution in [3.8, 4) is 0 Å². The van der Waals surface area contributed by atoms with E-state index in [1.165, 1.54) is 0 Å². The zero-order chi connectivity index (χ0) is 11.4. The first kappa shape index (κ1) is 11.9. The zero-order valence-electron chi connectivity index (χ0n) is 8.77. The van der Waals surface area contributed by atoms with Crippen molar-refractivity contribution < 1.29 is 9.90 Å². The first-order chi connectivity index (χ1) is 7.07. The second kappa shape index (κ2) is 5.03. The summed E-state index contributed by atoms with van der Waals surface area (Å²) in [7, 11) is 1.74. The molecule has 0 amide bonds.